The van der Waals surface area contributed by atoms with Crippen molar-refractivity contribution >= 4 is 17.6 Å². The SMILES string of the molecule is O=C(O)CCNC(=O)N1CC=C(c2ccc3c(c2)OCCO3)CC1. The maximum Gasteiger partial charge on any atom is 0.317 e. The highest BCUT2D eigenvalue weighted by Gasteiger charge is 2.19. The summed E-state index contributed by atoms with van der Waals surface area (Å²) in [6.45, 7) is 2.37. The van der Waals surface area contributed by atoms with Crippen LogP contribution in [0.15, 0.2) is 24.3 Å². The van der Waals surface area contributed by atoms with Gasteiger partial charge in [-0.3, -0.25) is 4.79 Å². The molecule has 0 spiro atoms. The molecule has 0 saturated heterocycles. The average molecular weight is 332 g/mol. The first kappa shape index (κ1) is 16.2. The van der Waals surface area contributed by atoms with Crippen LogP contribution in [-0.4, -0.2) is 54.9 Å². The van der Waals surface area contributed by atoms with Crippen LogP contribution in [0.5, 0.6) is 11.5 Å². The molecule has 2 heterocycles. The summed E-state index contributed by atoms with van der Waals surface area (Å²) in [6.07, 6.45) is 2.69. The molecule has 7 nitrogen and oxygen atoms in total. The van der Waals surface area contributed by atoms with E-state index in [0.717, 1.165) is 23.5 Å². The smallest absolute Gasteiger partial charge is 0.317 e. The summed E-state index contributed by atoms with van der Waals surface area (Å²) in [7, 11) is 0. The highest BCUT2D eigenvalue weighted by molar-refractivity contribution is 5.77. The van der Waals surface area contributed by atoms with Crippen LogP contribution in [0, 0.1) is 0 Å². The van der Waals surface area contributed by atoms with Crippen molar-refractivity contribution in [2.75, 3.05) is 32.8 Å². The lowest BCUT2D eigenvalue weighted by Gasteiger charge is -2.27. The zero-order valence-electron chi connectivity index (χ0n) is 13.3. The fraction of sp³-hybridized carbons (Fsp3) is 0.412. The highest BCUT2D eigenvalue weighted by atomic mass is 16.6. The minimum Gasteiger partial charge on any atom is -0.486 e. The third kappa shape index (κ3) is 3.79. The molecule has 2 amide bonds. The summed E-state index contributed by atoms with van der Waals surface area (Å²) < 4.78 is 11.1. The first-order chi connectivity index (χ1) is 11.6. The van der Waals surface area contributed by atoms with Gasteiger partial charge in [0.1, 0.15) is 13.2 Å². The van der Waals surface area contributed by atoms with Gasteiger partial charge in [-0.15, -0.1) is 0 Å². The number of rotatable bonds is 4. The summed E-state index contributed by atoms with van der Waals surface area (Å²) in [6, 6.07) is 5.66. The third-order valence-electron chi connectivity index (χ3n) is 4.02. The number of benzene rings is 1. The van der Waals surface area contributed by atoms with Crippen molar-refractivity contribution in [1.29, 1.82) is 0 Å². The first-order valence-electron chi connectivity index (χ1n) is 7.97. The van der Waals surface area contributed by atoms with Crippen LogP contribution in [0.2, 0.25) is 0 Å². The normalized spacial score (nSPS) is 16.3. The Balaban J connectivity index is 1.59. The van der Waals surface area contributed by atoms with Crippen LogP contribution >= 0.6 is 0 Å². The lowest BCUT2D eigenvalue weighted by atomic mass is 9.99. The zero-order valence-corrected chi connectivity index (χ0v) is 13.3. The summed E-state index contributed by atoms with van der Waals surface area (Å²) in [5, 5.41) is 11.2. The van der Waals surface area contributed by atoms with Crippen LogP contribution in [0.4, 0.5) is 4.79 Å². The molecule has 0 bridgehead atoms. The highest BCUT2D eigenvalue weighted by Crippen LogP contribution is 2.34. The molecule has 0 fully saturated rings. The molecule has 0 aromatic heterocycles. The maximum atomic E-state index is 12.0. The Morgan fingerprint density at radius 2 is 2.00 bits per heavy atom. The predicted molar refractivity (Wildman–Crippen MR) is 87.3 cm³/mol. The van der Waals surface area contributed by atoms with Gasteiger partial charge in [0.2, 0.25) is 0 Å². The Hall–Kier alpha value is -2.70. The van der Waals surface area contributed by atoms with E-state index in [4.69, 9.17) is 14.6 Å². The van der Waals surface area contributed by atoms with E-state index in [1.54, 1.807) is 4.90 Å². The molecule has 3 rings (SSSR count). The van der Waals surface area contributed by atoms with E-state index in [1.165, 1.54) is 5.57 Å². The minimum absolute atomic E-state index is 0.0716. The summed E-state index contributed by atoms with van der Waals surface area (Å²) in [5.41, 5.74) is 2.24. The number of carboxylic acids is 1. The van der Waals surface area contributed by atoms with Gasteiger partial charge >= 0.3 is 12.0 Å². The van der Waals surface area contributed by atoms with Crippen LogP contribution in [0.25, 0.3) is 5.57 Å². The van der Waals surface area contributed by atoms with Crippen molar-refractivity contribution < 1.29 is 24.2 Å². The predicted octanol–water partition coefficient (Wildman–Crippen LogP) is 1.73. The molecule has 0 atom stereocenters. The number of nitrogens with zero attached hydrogens (tertiary/aromatic N) is 1. The number of hydrogen-bond acceptors (Lipinski definition) is 4. The molecule has 0 aliphatic carbocycles. The molecule has 2 aliphatic heterocycles. The zero-order chi connectivity index (χ0) is 16.9. The Labute approximate surface area is 139 Å². The van der Waals surface area contributed by atoms with Gasteiger partial charge in [-0.05, 0) is 29.7 Å². The average Bonchev–Trinajstić information content (AvgIpc) is 2.61. The van der Waals surface area contributed by atoms with Crippen LogP contribution in [0.3, 0.4) is 0 Å². The molecular weight excluding hydrogens is 312 g/mol. The van der Waals surface area contributed by atoms with E-state index < -0.39 is 5.97 Å². The first-order valence-corrected chi connectivity index (χ1v) is 7.97. The van der Waals surface area contributed by atoms with Crippen LogP contribution in [0.1, 0.15) is 18.4 Å². The summed E-state index contributed by atoms with van der Waals surface area (Å²) in [4.78, 5) is 24.1. The molecule has 1 aromatic carbocycles. The molecule has 2 aliphatic rings. The molecule has 0 saturated carbocycles. The van der Waals surface area contributed by atoms with E-state index in [1.807, 2.05) is 24.3 Å². The fourth-order valence-corrected chi connectivity index (χ4v) is 2.75. The van der Waals surface area contributed by atoms with Crippen LogP contribution < -0.4 is 14.8 Å². The number of urea groups is 1. The number of hydrogen-bond donors (Lipinski definition) is 2. The van der Waals surface area contributed by atoms with E-state index in [0.29, 0.717) is 26.3 Å². The number of carbonyl (C=O) groups is 2. The number of ether oxygens (including phenoxy) is 2. The lowest BCUT2D eigenvalue weighted by molar-refractivity contribution is -0.136. The van der Waals surface area contributed by atoms with Gasteiger partial charge in [-0.2, -0.15) is 0 Å². The van der Waals surface area contributed by atoms with Crippen molar-refractivity contribution in [1.82, 2.24) is 10.2 Å². The summed E-state index contributed by atoms with van der Waals surface area (Å²) >= 11 is 0. The number of fused-ring (bicyclic) bond motifs is 1. The molecule has 2 N–H and O–H groups in total. The molecule has 0 unspecified atom stereocenters. The number of amides is 2. The van der Waals surface area contributed by atoms with Crippen molar-refractivity contribution in [3.8, 4) is 11.5 Å². The minimum atomic E-state index is -0.922. The molecule has 24 heavy (non-hydrogen) atoms. The van der Waals surface area contributed by atoms with Gasteiger partial charge in [0.15, 0.2) is 11.5 Å². The van der Waals surface area contributed by atoms with Gasteiger partial charge in [0, 0.05) is 19.6 Å². The summed E-state index contributed by atoms with van der Waals surface area (Å²) in [5.74, 6) is 0.601. The van der Waals surface area contributed by atoms with E-state index in [9.17, 15) is 9.59 Å². The van der Waals surface area contributed by atoms with Crippen molar-refractivity contribution in [2.45, 2.75) is 12.8 Å². The van der Waals surface area contributed by atoms with E-state index in [-0.39, 0.29) is 19.0 Å². The Kier molecular flexibility index (Phi) is 4.88. The molecule has 7 heteroatoms. The van der Waals surface area contributed by atoms with Gasteiger partial charge in [0.25, 0.3) is 0 Å². The number of carboxylic acid groups (broad SMARTS) is 1. The van der Waals surface area contributed by atoms with Gasteiger partial charge in [-0.1, -0.05) is 12.1 Å². The van der Waals surface area contributed by atoms with Crippen molar-refractivity contribution in [2.24, 2.45) is 0 Å². The second-order valence-corrected chi connectivity index (χ2v) is 5.66. The topological polar surface area (TPSA) is 88.1 Å². The maximum absolute atomic E-state index is 12.0. The van der Waals surface area contributed by atoms with E-state index >= 15 is 0 Å². The van der Waals surface area contributed by atoms with E-state index in [2.05, 4.69) is 5.32 Å². The number of carbonyl (C=O) groups excluding carboxylic acids is 1. The second-order valence-electron chi connectivity index (χ2n) is 5.66. The molecule has 128 valence electrons. The molecule has 0 radical (unpaired) electrons. The van der Waals surface area contributed by atoms with Crippen LogP contribution in [-0.2, 0) is 4.79 Å². The monoisotopic (exact) mass is 332 g/mol. The standard InChI is InChI=1S/C17H20N2O5/c20-16(21)3-6-18-17(22)19-7-4-12(5-8-19)13-1-2-14-15(11-13)24-10-9-23-14/h1-2,4,11H,3,5-10H2,(H,18,22)(H,20,21). The van der Waals surface area contributed by atoms with Gasteiger partial charge in [0.05, 0.1) is 6.42 Å². The van der Waals surface area contributed by atoms with Crippen molar-refractivity contribution in [3.05, 3.63) is 29.8 Å². The van der Waals surface area contributed by atoms with Crippen molar-refractivity contribution in [3.63, 3.8) is 0 Å². The Morgan fingerprint density at radius 1 is 1.21 bits per heavy atom. The molecular formula is C17H20N2O5. The lowest BCUT2D eigenvalue weighted by Crippen LogP contribution is -2.42. The second kappa shape index (κ2) is 7.25. The fourth-order valence-electron chi connectivity index (χ4n) is 2.75. The Bertz CT molecular complexity index is 671. The Morgan fingerprint density at radius 3 is 2.71 bits per heavy atom. The molecule has 1 aromatic rings. The number of aliphatic carboxylic acids is 1. The largest absolute Gasteiger partial charge is 0.486 e. The quantitative estimate of drug-likeness (QED) is 0.877. The van der Waals surface area contributed by atoms with Gasteiger partial charge < -0.3 is 24.8 Å². The van der Waals surface area contributed by atoms with Gasteiger partial charge in [-0.25, -0.2) is 4.79 Å². The number of nitrogens with one attached hydrogen (secondary N) is 1. The third-order valence-corrected chi connectivity index (χ3v) is 4.02.